The molecule has 1 N–H and O–H groups in total. The Bertz CT molecular complexity index is 1480. The fourth-order valence-electron chi connectivity index (χ4n) is 4.27. The molecule has 9 heteroatoms. The molecule has 4 aromatic rings. The lowest BCUT2D eigenvalue weighted by atomic mass is 9.97. The Labute approximate surface area is 198 Å². The fourth-order valence-corrected chi connectivity index (χ4v) is 5.82. The van der Waals surface area contributed by atoms with Gasteiger partial charge in [0.2, 0.25) is 5.91 Å². The molecule has 170 valence electrons. The minimum absolute atomic E-state index is 0.0143. The van der Waals surface area contributed by atoms with Crippen LogP contribution in [0.1, 0.15) is 34.6 Å². The van der Waals surface area contributed by atoms with Gasteiger partial charge >= 0.3 is 5.69 Å². The van der Waals surface area contributed by atoms with Crippen LogP contribution in [0.5, 0.6) is 0 Å². The summed E-state index contributed by atoms with van der Waals surface area (Å²) in [6.07, 6.45) is 5.25. The zero-order valence-electron chi connectivity index (χ0n) is 18.0. The summed E-state index contributed by atoms with van der Waals surface area (Å²) in [5.74, 6) is 0.135. The number of anilines is 1. The summed E-state index contributed by atoms with van der Waals surface area (Å²) in [4.78, 5) is 41.4. The quantitative estimate of drug-likeness (QED) is 0.457. The zero-order chi connectivity index (χ0) is 23.1. The number of hydrogen-bond acceptors (Lipinski definition) is 5. The molecule has 0 fully saturated rings. The van der Waals surface area contributed by atoms with E-state index in [0.717, 1.165) is 41.7 Å². The van der Waals surface area contributed by atoms with Gasteiger partial charge in [0.25, 0.3) is 5.56 Å². The van der Waals surface area contributed by atoms with E-state index in [0.29, 0.717) is 26.7 Å². The molecule has 0 saturated heterocycles. The smallest absolute Gasteiger partial charge is 0.333 e. The summed E-state index contributed by atoms with van der Waals surface area (Å²) in [6.45, 7) is 1.68. The van der Waals surface area contributed by atoms with Crippen molar-refractivity contribution in [1.29, 1.82) is 0 Å². The Hall–Kier alpha value is -3.10. The van der Waals surface area contributed by atoms with Gasteiger partial charge < -0.3 is 9.73 Å². The molecule has 3 heterocycles. The number of carbonyl (C=O) groups is 1. The highest BCUT2D eigenvalue weighted by Gasteiger charge is 2.24. The van der Waals surface area contributed by atoms with Crippen LogP contribution in [0.3, 0.4) is 0 Å². The van der Waals surface area contributed by atoms with E-state index in [2.05, 4.69) is 5.32 Å². The highest BCUT2D eigenvalue weighted by molar-refractivity contribution is 7.18. The topological polar surface area (TPSA) is 86.2 Å². The number of nitrogens with zero attached hydrogens (tertiary/aromatic N) is 2. The van der Waals surface area contributed by atoms with Crippen LogP contribution in [0.2, 0.25) is 5.02 Å². The molecule has 0 saturated carbocycles. The fraction of sp³-hybridized carbons (Fsp3) is 0.292. The van der Waals surface area contributed by atoms with Gasteiger partial charge in [0, 0.05) is 15.6 Å². The molecule has 0 bridgehead atoms. The Morgan fingerprint density at radius 2 is 2.00 bits per heavy atom. The third-order valence-corrected chi connectivity index (χ3v) is 7.69. The molecule has 1 aliphatic carbocycles. The van der Waals surface area contributed by atoms with Crippen LogP contribution in [0.25, 0.3) is 10.2 Å². The second-order valence-electron chi connectivity index (χ2n) is 8.24. The van der Waals surface area contributed by atoms with Gasteiger partial charge in [-0.1, -0.05) is 17.7 Å². The maximum atomic E-state index is 13.4. The third kappa shape index (κ3) is 4.05. The summed E-state index contributed by atoms with van der Waals surface area (Å²) in [5.41, 5.74) is 1.61. The lowest BCUT2D eigenvalue weighted by molar-refractivity contribution is -0.116. The molecule has 0 spiro atoms. The number of nitrogens with one attached hydrogen (secondary N) is 1. The molecule has 0 radical (unpaired) electrons. The number of aryl methyl sites for hydroxylation is 3. The largest absolute Gasteiger partial charge is 0.467 e. The van der Waals surface area contributed by atoms with Crippen molar-refractivity contribution in [2.24, 2.45) is 0 Å². The number of amides is 1. The standard InChI is InChI=1S/C24H22ClN3O4S/c1-14-8-9-15(11-18(14)25)26-20(29)13-28-23-21(17-6-2-3-7-19(17)33-23)22(30)27(24(28)31)12-16-5-4-10-32-16/h4-5,8-11H,2-3,6-7,12-13H2,1H3,(H,26,29). The number of hydrogen-bond donors (Lipinski definition) is 1. The van der Waals surface area contributed by atoms with Crippen LogP contribution in [-0.2, 0) is 30.7 Å². The number of benzene rings is 1. The second kappa shape index (κ2) is 8.68. The summed E-state index contributed by atoms with van der Waals surface area (Å²) in [5, 5.41) is 3.90. The van der Waals surface area contributed by atoms with E-state index in [-0.39, 0.29) is 24.6 Å². The minimum Gasteiger partial charge on any atom is -0.467 e. The highest BCUT2D eigenvalue weighted by atomic mass is 35.5. The summed E-state index contributed by atoms with van der Waals surface area (Å²) in [6, 6.07) is 8.69. The predicted octanol–water partition coefficient (Wildman–Crippen LogP) is 4.35. The summed E-state index contributed by atoms with van der Waals surface area (Å²) < 4.78 is 7.95. The molecule has 0 atom stereocenters. The number of halogens is 1. The lowest BCUT2D eigenvalue weighted by Crippen LogP contribution is -2.41. The third-order valence-electron chi connectivity index (χ3n) is 5.97. The van der Waals surface area contributed by atoms with Gasteiger partial charge in [0.1, 0.15) is 17.1 Å². The molecule has 33 heavy (non-hydrogen) atoms. The van der Waals surface area contributed by atoms with Gasteiger partial charge in [0.15, 0.2) is 0 Å². The maximum absolute atomic E-state index is 13.4. The van der Waals surface area contributed by atoms with E-state index < -0.39 is 5.69 Å². The van der Waals surface area contributed by atoms with E-state index >= 15 is 0 Å². The van der Waals surface area contributed by atoms with Crippen LogP contribution in [0, 0.1) is 6.92 Å². The van der Waals surface area contributed by atoms with Crippen molar-refractivity contribution in [2.75, 3.05) is 5.32 Å². The molecule has 1 aromatic carbocycles. The first kappa shape index (κ1) is 21.7. The zero-order valence-corrected chi connectivity index (χ0v) is 19.6. The monoisotopic (exact) mass is 483 g/mol. The number of fused-ring (bicyclic) bond motifs is 3. The average Bonchev–Trinajstić information content (AvgIpc) is 3.44. The van der Waals surface area contributed by atoms with E-state index in [1.807, 2.05) is 13.0 Å². The summed E-state index contributed by atoms with van der Waals surface area (Å²) in [7, 11) is 0. The van der Waals surface area contributed by atoms with E-state index in [4.69, 9.17) is 16.0 Å². The normalized spacial score (nSPS) is 13.3. The number of rotatable bonds is 5. The van der Waals surface area contributed by atoms with Crippen LogP contribution in [0.4, 0.5) is 5.69 Å². The second-order valence-corrected chi connectivity index (χ2v) is 9.73. The molecule has 0 unspecified atom stereocenters. The molecule has 0 aliphatic heterocycles. The number of thiophene rings is 1. The first-order chi connectivity index (χ1) is 15.9. The number of carbonyl (C=O) groups excluding carboxylic acids is 1. The Kier molecular flexibility index (Phi) is 5.72. The average molecular weight is 484 g/mol. The Morgan fingerprint density at radius 3 is 2.76 bits per heavy atom. The molecule has 1 amide bonds. The molecular formula is C24H22ClN3O4S. The molecule has 3 aromatic heterocycles. The molecule has 7 nitrogen and oxygen atoms in total. The van der Waals surface area contributed by atoms with Crippen LogP contribution in [-0.4, -0.2) is 15.0 Å². The van der Waals surface area contributed by atoms with Crippen LogP contribution in [0.15, 0.2) is 50.6 Å². The van der Waals surface area contributed by atoms with E-state index in [1.165, 1.54) is 26.7 Å². The van der Waals surface area contributed by atoms with Gasteiger partial charge in [-0.15, -0.1) is 11.3 Å². The maximum Gasteiger partial charge on any atom is 0.333 e. The van der Waals surface area contributed by atoms with Crippen LogP contribution < -0.4 is 16.6 Å². The summed E-state index contributed by atoms with van der Waals surface area (Å²) >= 11 is 7.62. The Morgan fingerprint density at radius 1 is 1.18 bits per heavy atom. The van der Waals surface area contributed by atoms with Crippen molar-refractivity contribution in [1.82, 2.24) is 9.13 Å². The van der Waals surface area contributed by atoms with Crippen molar-refractivity contribution >= 4 is 44.7 Å². The highest BCUT2D eigenvalue weighted by Crippen LogP contribution is 2.34. The van der Waals surface area contributed by atoms with Crippen molar-refractivity contribution < 1.29 is 9.21 Å². The predicted molar refractivity (Wildman–Crippen MR) is 130 cm³/mol. The van der Waals surface area contributed by atoms with Crippen molar-refractivity contribution in [2.45, 2.75) is 45.7 Å². The van der Waals surface area contributed by atoms with Gasteiger partial charge in [-0.3, -0.25) is 18.7 Å². The first-order valence-corrected chi connectivity index (χ1v) is 12.0. The van der Waals surface area contributed by atoms with Gasteiger partial charge in [-0.05, 0) is 68.0 Å². The van der Waals surface area contributed by atoms with Gasteiger partial charge in [0.05, 0.1) is 18.2 Å². The molecular weight excluding hydrogens is 462 g/mol. The van der Waals surface area contributed by atoms with Crippen molar-refractivity contribution in [3.63, 3.8) is 0 Å². The van der Waals surface area contributed by atoms with E-state index in [9.17, 15) is 14.4 Å². The first-order valence-electron chi connectivity index (χ1n) is 10.8. The minimum atomic E-state index is -0.528. The lowest BCUT2D eigenvalue weighted by Gasteiger charge is -2.13. The van der Waals surface area contributed by atoms with Crippen molar-refractivity contribution in [3.8, 4) is 0 Å². The van der Waals surface area contributed by atoms with Gasteiger partial charge in [-0.25, -0.2) is 4.79 Å². The molecule has 1 aliphatic rings. The SMILES string of the molecule is Cc1ccc(NC(=O)Cn2c(=O)n(Cc3ccco3)c(=O)c3c4c(sc32)CCCC4)cc1Cl. The van der Waals surface area contributed by atoms with Crippen molar-refractivity contribution in [3.05, 3.63) is 84.2 Å². The number of furan rings is 1. The Balaban J connectivity index is 1.59. The van der Waals surface area contributed by atoms with Gasteiger partial charge in [-0.2, -0.15) is 0 Å². The van der Waals surface area contributed by atoms with E-state index in [1.54, 1.807) is 24.3 Å². The number of aromatic nitrogens is 2. The molecule has 5 rings (SSSR count). The van der Waals surface area contributed by atoms with Crippen LogP contribution >= 0.6 is 22.9 Å².